The average molecular weight is 284 g/mol. The van der Waals surface area contributed by atoms with Crippen molar-refractivity contribution in [1.29, 1.82) is 0 Å². The van der Waals surface area contributed by atoms with Crippen molar-refractivity contribution in [2.24, 2.45) is 11.8 Å². The molecule has 0 radical (unpaired) electrons. The molecule has 1 aliphatic carbocycles. The summed E-state index contributed by atoms with van der Waals surface area (Å²) in [5.74, 6) is 5.40. The molecule has 0 saturated heterocycles. The second kappa shape index (κ2) is 4.93. The summed E-state index contributed by atoms with van der Waals surface area (Å²) in [5.41, 5.74) is 3.24. The highest BCUT2D eigenvalue weighted by atomic mass is 79.9. The Morgan fingerprint density at radius 2 is 2.38 bits per heavy atom. The number of halogens is 1. The number of hydrogen-bond donors (Lipinski definition) is 2. The van der Waals surface area contributed by atoms with Crippen LogP contribution in [0.5, 0.6) is 0 Å². The van der Waals surface area contributed by atoms with E-state index < -0.39 is 0 Å². The van der Waals surface area contributed by atoms with Crippen molar-refractivity contribution in [1.82, 2.24) is 10.4 Å². The molecule has 1 aliphatic rings. The maximum Gasteiger partial charge on any atom is 0.241 e. The molecule has 1 amide bonds. The van der Waals surface area contributed by atoms with E-state index >= 15 is 0 Å². The molecule has 1 aromatic heterocycles. The van der Waals surface area contributed by atoms with E-state index in [2.05, 4.69) is 26.3 Å². The van der Waals surface area contributed by atoms with Crippen molar-refractivity contribution in [3.63, 3.8) is 0 Å². The highest BCUT2D eigenvalue weighted by molar-refractivity contribution is 9.10. The Morgan fingerprint density at radius 3 is 2.88 bits per heavy atom. The molecule has 1 atom stereocenters. The molecule has 1 fully saturated rings. The third kappa shape index (κ3) is 2.25. The van der Waals surface area contributed by atoms with E-state index in [0.717, 1.165) is 23.0 Å². The van der Waals surface area contributed by atoms with Crippen LogP contribution in [0.1, 0.15) is 30.7 Å². The summed E-state index contributed by atoms with van der Waals surface area (Å²) in [6.07, 6.45) is 5.09. The maximum atomic E-state index is 11.8. The number of hydrogen-bond acceptors (Lipinski definition) is 3. The van der Waals surface area contributed by atoms with Gasteiger partial charge in [-0.2, -0.15) is 0 Å². The molecule has 3 N–H and O–H groups in total. The highest BCUT2D eigenvalue weighted by Crippen LogP contribution is 2.39. The lowest BCUT2D eigenvalue weighted by Gasteiger charge is -2.32. The van der Waals surface area contributed by atoms with Gasteiger partial charge in [0.1, 0.15) is 4.60 Å². The Kier molecular flexibility index (Phi) is 3.56. The van der Waals surface area contributed by atoms with E-state index in [1.165, 1.54) is 6.42 Å². The molecule has 0 aliphatic heterocycles. The molecule has 1 saturated carbocycles. The smallest absolute Gasteiger partial charge is 0.241 e. The second-order valence-corrected chi connectivity index (χ2v) is 4.90. The van der Waals surface area contributed by atoms with E-state index in [1.54, 1.807) is 6.20 Å². The summed E-state index contributed by atoms with van der Waals surface area (Å²) in [6.45, 7) is 0. The van der Waals surface area contributed by atoms with Crippen molar-refractivity contribution < 1.29 is 4.79 Å². The number of hydrazine groups is 1. The molecule has 16 heavy (non-hydrogen) atoms. The van der Waals surface area contributed by atoms with Gasteiger partial charge in [-0.1, -0.05) is 6.42 Å². The van der Waals surface area contributed by atoms with Crippen LogP contribution in [0.2, 0.25) is 0 Å². The molecule has 0 bridgehead atoms. The second-order valence-electron chi connectivity index (χ2n) is 4.09. The summed E-state index contributed by atoms with van der Waals surface area (Å²) in [7, 11) is 0. The first-order chi connectivity index (χ1) is 7.72. The lowest BCUT2D eigenvalue weighted by atomic mass is 9.73. The minimum absolute atomic E-state index is 0.109. The lowest BCUT2D eigenvalue weighted by Crippen LogP contribution is -2.39. The van der Waals surface area contributed by atoms with Crippen LogP contribution < -0.4 is 11.3 Å². The molecule has 0 spiro atoms. The number of pyridine rings is 1. The van der Waals surface area contributed by atoms with Crippen molar-refractivity contribution in [3.05, 3.63) is 28.5 Å². The number of nitrogens with one attached hydrogen (secondary N) is 1. The highest BCUT2D eigenvalue weighted by Gasteiger charge is 2.33. The summed E-state index contributed by atoms with van der Waals surface area (Å²) >= 11 is 3.32. The molecule has 2 rings (SSSR count). The molecule has 5 heteroatoms. The van der Waals surface area contributed by atoms with Crippen molar-refractivity contribution >= 4 is 21.8 Å². The standard InChI is InChI=1S/C11H14BrN3O/c12-9-6-8(4-5-14-9)10(11(16)15-13)7-2-1-3-7/h4-7,10H,1-3,13H2,(H,15,16). The summed E-state index contributed by atoms with van der Waals surface area (Å²) in [6, 6.07) is 3.77. The summed E-state index contributed by atoms with van der Waals surface area (Å²) in [4.78, 5) is 15.9. The first kappa shape index (κ1) is 11.5. The van der Waals surface area contributed by atoms with Gasteiger partial charge in [-0.25, -0.2) is 10.8 Å². The Bertz CT molecular complexity index is 393. The number of carbonyl (C=O) groups excluding carboxylic acids is 1. The minimum atomic E-state index is -0.141. The van der Waals surface area contributed by atoms with Gasteiger partial charge in [-0.15, -0.1) is 0 Å². The van der Waals surface area contributed by atoms with Crippen LogP contribution in [0, 0.1) is 5.92 Å². The predicted octanol–water partition coefficient (Wildman–Crippen LogP) is 1.72. The SMILES string of the molecule is NNC(=O)C(c1ccnc(Br)c1)C1CCC1. The molecule has 0 aromatic carbocycles. The lowest BCUT2D eigenvalue weighted by molar-refractivity contribution is -0.124. The Hall–Kier alpha value is -0.940. The van der Waals surface area contributed by atoms with Gasteiger partial charge >= 0.3 is 0 Å². The molecule has 1 heterocycles. The number of aromatic nitrogens is 1. The third-order valence-electron chi connectivity index (χ3n) is 3.16. The zero-order valence-corrected chi connectivity index (χ0v) is 10.4. The van der Waals surface area contributed by atoms with Crippen LogP contribution >= 0.6 is 15.9 Å². The number of nitrogens with two attached hydrogens (primary N) is 1. The number of rotatable bonds is 3. The van der Waals surface area contributed by atoms with Gasteiger partial charge in [0.2, 0.25) is 5.91 Å². The van der Waals surface area contributed by atoms with Crippen molar-refractivity contribution in [3.8, 4) is 0 Å². The monoisotopic (exact) mass is 283 g/mol. The molecule has 1 unspecified atom stereocenters. The first-order valence-corrected chi connectivity index (χ1v) is 6.13. The van der Waals surface area contributed by atoms with E-state index in [9.17, 15) is 4.79 Å². The summed E-state index contributed by atoms with van der Waals surface area (Å²) < 4.78 is 0.749. The summed E-state index contributed by atoms with van der Waals surface area (Å²) in [5, 5.41) is 0. The zero-order chi connectivity index (χ0) is 11.5. The van der Waals surface area contributed by atoms with Gasteiger partial charge in [0.15, 0.2) is 0 Å². The Morgan fingerprint density at radius 1 is 1.62 bits per heavy atom. The van der Waals surface area contributed by atoms with Crippen LogP contribution in [0.3, 0.4) is 0 Å². The molecule has 86 valence electrons. The molecular weight excluding hydrogens is 270 g/mol. The number of nitrogens with zero attached hydrogens (tertiary/aromatic N) is 1. The normalized spacial score (nSPS) is 17.6. The Labute approximate surface area is 103 Å². The quantitative estimate of drug-likeness (QED) is 0.384. The van der Waals surface area contributed by atoms with E-state index in [0.29, 0.717) is 5.92 Å². The van der Waals surface area contributed by atoms with Crippen molar-refractivity contribution in [2.45, 2.75) is 25.2 Å². The van der Waals surface area contributed by atoms with E-state index in [-0.39, 0.29) is 11.8 Å². The van der Waals surface area contributed by atoms with Gasteiger partial charge in [-0.3, -0.25) is 10.2 Å². The van der Waals surface area contributed by atoms with Crippen LogP contribution in [-0.4, -0.2) is 10.9 Å². The topological polar surface area (TPSA) is 68.0 Å². The van der Waals surface area contributed by atoms with Crippen molar-refractivity contribution in [2.75, 3.05) is 0 Å². The average Bonchev–Trinajstić information content (AvgIpc) is 2.22. The molecule has 1 aromatic rings. The van der Waals surface area contributed by atoms with Gasteiger partial charge < -0.3 is 0 Å². The zero-order valence-electron chi connectivity index (χ0n) is 8.82. The first-order valence-electron chi connectivity index (χ1n) is 5.34. The van der Waals surface area contributed by atoms with Crippen LogP contribution in [0.15, 0.2) is 22.9 Å². The van der Waals surface area contributed by atoms with E-state index in [4.69, 9.17) is 5.84 Å². The fraction of sp³-hybridized carbons (Fsp3) is 0.455. The van der Waals surface area contributed by atoms with Gasteiger partial charge in [-0.05, 0) is 52.4 Å². The largest absolute Gasteiger partial charge is 0.294 e. The fourth-order valence-corrected chi connectivity index (χ4v) is 2.49. The van der Waals surface area contributed by atoms with Gasteiger partial charge in [0.05, 0.1) is 5.92 Å². The van der Waals surface area contributed by atoms with Gasteiger partial charge in [0, 0.05) is 6.20 Å². The van der Waals surface area contributed by atoms with E-state index in [1.807, 2.05) is 12.1 Å². The minimum Gasteiger partial charge on any atom is -0.294 e. The molecule has 4 nitrogen and oxygen atoms in total. The maximum absolute atomic E-state index is 11.8. The number of carbonyl (C=O) groups is 1. The van der Waals surface area contributed by atoms with Crippen LogP contribution in [0.4, 0.5) is 0 Å². The van der Waals surface area contributed by atoms with Crippen LogP contribution in [0.25, 0.3) is 0 Å². The van der Waals surface area contributed by atoms with Crippen LogP contribution in [-0.2, 0) is 4.79 Å². The predicted molar refractivity (Wildman–Crippen MR) is 64.3 cm³/mol. The third-order valence-corrected chi connectivity index (χ3v) is 3.59. The fourth-order valence-electron chi connectivity index (χ4n) is 2.11. The number of amides is 1. The molecular formula is C11H14BrN3O. The van der Waals surface area contributed by atoms with Gasteiger partial charge in [0.25, 0.3) is 0 Å². The Balaban J connectivity index is 2.27.